The van der Waals surface area contributed by atoms with Gasteiger partial charge in [0.15, 0.2) is 0 Å². The molecule has 0 fully saturated rings. The molecule has 2 nitrogen and oxygen atoms in total. The predicted molar refractivity (Wildman–Crippen MR) is 77.8 cm³/mol. The maximum absolute atomic E-state index is 5.84. The van der Waals surface area contributed by atoms with Crippen LogP contribution < -0.4 is 5.73 Å². The van der Waals surface area contributed by atoms with E-state index < -0.39 is 0 Å². The van der Waals surface area contributed by atoms with E-state index in [0.29, 0.717) is 6.54 Å². The number of thiophene rings is 2. The van der Waals surface area contributed by atoms with Gasteiger partial charge in [0.25, 0.3) is 0 Å². The van der Waals surface area contributed by atoms with Crippen LogP contribution in [0.1, 0.15) is 15.9 Å². The molecule has 92 valence electrons. The number of rotatable bonds is 6. The highest BCUT2D eigenvalue weighted by atomic mass is 79.9. The Morgan fingerprint density at radius 1 is 1.35 bits per heavy atom. The van der Waals surface area contributed by atoms with Gasteiger partial charge in [-0.05, 0) is 39.5 Å². The van der Waals surface area contributed by atoms with Crippen molar-refractivity contribution in [2.24, 2.45) is 5.73 Å². The minimum atomic E-state index is 0.0197. The molecule has 2 aromatic rings. The molecule has 0 aliphatic carbocycles. The van der Waals surface area contributed by atoms with E-state index in [4.69, 9.17) is 10.5 Å². The Morgan fingerprint density at radius 3 is 2.82 bits per heavy atom. The second-order valence-corrected chi connectivity index (χ2v) is 7.09. The maximum atomic E-state index is 5.84. The molecule has 2 rings (SSSR count). The van der Waals surface area contributed by atoms with Crippen LogP contribution in [-0.4, -0.2) is 13.2 Å². The Labute approximate surface area is 118 Å². The van der Waals surface area contributed by atoms with Gasteiger partial charge in [0.2, 0.25) is 0 Å². The number of nitrogens with two attached hydrogens (primary N) is 1. The van der Waals surface area contributed by atoms with E-state index in [9.17, 15) is 0 Å². The first-order valence-electron chi connectivity index (χ1n) is 5.39. The summed E-state index contributed by atoms with van der Waals surface area (Å²) in [6, 6.07) is 8.30. The molecule has 5 heteroatoms. The largest absolute Gasteiger partial charge is 0.371 e. The Hall–Kier alpha value is -0.200. The molecule has 0 spiro atoms. The summed E-state index contributed by atoms with van der Waals surface area (Å²) in [5.41, 5.74) is 5.74. The van der Waals surface area contributed by atoms with Crippen molar-refractivity contribution in [1.29, 1.82) is 0 Å². The maximum Gasteiger partial charge on any atom is 0.104 e. The van der Waals surface area contributed by atoms with Crippen LogP contribution in [0.25, 0.3) is 0 Å². The van der Waals surface area contributed by atoms with E-state index in [1.165, 1.54) is 9.75 Å². The Kier molecular flexibility index (Phi) is 5.18. The van der Waals surface area contributed by atoms with E-state index in [1.807, 2.05) is 6.07 Å². The lowest BCUT2D eigenvalue weighted by atomic mass is 10.3. The molecule has 1 atom stereocenters. The third-order valence-electron chi connectivity index (χ3n) is 2.37. The van der Waals surface area contributed by atoms with Crippen LogP contribution in [0.3, 0.4) is 0 Å². The van der Waals surface area contributed by atoms with Crippen molar-refractivity contribution in [3.63, 3.8) is 0 Å². The minimum Gasteiger partial charge on any atom is -0.371 e. The fourth-order valence-corrected chi connectivity index (χ4v) is 3.70. The zero-order valence-electron chi connectivity index (χ0n) is 9.27. The van der Waals surface area contributed by atoms with Gasteiger partial charge >= 0.3 is 0 Å². The summed E-state index contributed by atoms with van der Waals surface area (Å²) in [6.07, 6.45) is 0.979. The standard InChI is InChI=1S/C12H14BrNOS2/c13-12-4-3-11(17-12)10(8-14)15-6-5-9-2-1-7-16-9/h1-4,7,10H,5-6,8,14H2. The molecule has 0 radical (unpaired) electrons. The van der Waals surface area contributed by atoms with Crippen molar-refractivity contribution in [3.8, 4) is 0 Å². The van der Waals surface area contributed by atoms with Crippen molar-refractivity contribution in [3.05, 3.63) is 43.2 Å². The molecule has 2 aromatic heterocycles. The first-order chi connectivity index (χ1) is 8.29. The quantitative estimate of drug-likeness (QED) is 0.872. The highest BCUT2D eigenvalue weighted by Crippen LogP contribution is 2.28. The molecule has 1 unspecified atom stereocenters. The highest BCUT2D eigenvalue weighted by molar-refractivity contribution is 9.11. The Balaban J connectivity index is 1.84. The Morgan fingerprint density at radius 2 is 2.24 bits per heavy atom. The molecule has 0 saturated carbocycles. The number of halogens is 1. The van der Waals surface area contributed by atoms with Gasteiger partial charge in [0.1, 0.15) is 6.10 Å². The zero-order valence-corrected chi connectivity index (χ0v) is 12.5. The van der Waals surface area contributed by atoms with Crippen LogP contribution in [0.5, 0.6) is 0 Å². The zero-order chi connectivity index (χ0) is 12.1. The van der Waals surface area contributed by atoms with Crippen molar-refractivity contribution in [2.45, 2.75) is 12.5 Å². The highest BCUT2D eigenvalue weighted by Gasteiger charge is 2.12. The lowest BCUT2D eigenvalue weighted by Gasteiger charge is -2.13. The van der Waals surface area contributed by atoms with Crippen LogP contribution in [0.15, 0.2) is 33.4 Å². The Bertz CT molecular complexity index is 441. The third-order valence-corrected chi connectivity index (χ3v) is 5.02. The fourth-order valence-electron chi connectivity index (χ4n) is 1.52. The molecule has 0 saturated heterocycles. The van der Waals surface area contributed by atoms with Gasteiger partial charge < -0.3 is 10.5 Å². The molecule has 17 heavy (non-hydrogen) atoms. The van der Waals surface area contributed by atoms with Gasteiger partial charge in [-0.1, -0.05) is 6.07 Å². The van der Waals surface area contributed by atoms with Gasteiger partial charge in [-0.25, -0.2) is 0 Å². The molecule has 2 N–H and O–H groups in total. The van der Waals surface area contributed by atoms with Crippen LogP contribution in [0.2, 0.25) is 0 Å². The molecule has 0 bridgehead atoms. The van der Waals surface area contributed by atoms with E-state index in [1.54, 1.807) is 22.7 Å². The van der Waals surface area contributed by atoms with E-state index in [0.717, 1.165) is 16.8 Å². The summed E-state index contributed by atoms with van der Waals surface area (Å²) in [4.78, 5) is 2.54. The molecule has 0 aliphatic rings. The number of hydrogen-bond acceptors (Lipinski definition) is 4. The average Bonchev–Trinajstić information content (AvgIpc) is 2.96. The number of ether oxygens (including phenoxy) is 1. The summed E-state index contributed by atoms with van der Waals surface area (Å²) >= 11 is 6.90. The van der Waals surface area contributed by atoms with Crippen molar-refractivity contribution in [1.82, 2.24) is 0 Å². The molecule has 0 aliphatic heterocycles. The summed E-state index contributed by atoms with van der Waals surface area (Å²) in [5, 5.41) is 2.09. The van der Waals surface area contributed by atoms with Gasteiger partial charge in [0.05, 0.1) is 10.4 Å². The fraction of sp³-hybridized carbons (Fsp3) is 0.333. The summed E-state index contributed by atoms with van der Waals surface area (Å²) in [5.74, 6) is 0. The lowest BCUT2D eigenvalue weighted by Crippen LogP contribution is -2.16. The van der Waals surface area contributed by atoms with Crippen LogP contribution in [-0.2, 0) is 11.2 Å². The van der Waals surface area contributed by atoms with Crippen LogP contribution in [0.4, 0.5) is 0 Å². The predicted octanol–water partition coefficient (Wildman–Crippen LogP) is 3.83. The first kappa shape index (κ1) is 13.2. The topological polar surface area (TPSA) is 35.2 Å². The second kappa shape index (κ2) is 6.66. The molecular formula is C12H14BrNOS2. The van der Waals surface area contributed by atoms with Crippen molar-refractivity contribution < 1.29 is 4.74 Å². The van der Waals surface area contributed by atoms with Gasteiger partial charge in [-0.15, -0.1) is 22.7 Å². The van der Waals surface area contributed by atoms with Gasteiger partial charge in [-0.2, -0.15) is 0 Å². The SMILES string of the molecule is NCC(OCCc1cccs1)c1ccc(Br)s1. The van der Waals surface area contributed by atoms with E-state index in [2.05, 4.69) is 39.5 Å². The lowest BCUT2D eigenvalue weighted by molar-refractivity contribution is 0.0636. The number of hydrogen-bond donors (Lipinski definition) is 1. The van der Waals surface area contributed by atoms with Gasteiger partial charge in [0, 0.05) is 22.7 Å². The summed E-state index contributed by atoms with van der Waals surface area (Å²) in [7, 11) is 0. The monoisotopic (exact) mass is 331 g/mol. The van der Waals surface area contributed by atoms with Crippen molar-refractivity contribution >= 4 is 38.6 Å². The normalized spacial score (nSPS) is 12.8. The van der Waals surface area contributed by atoms with Crippen LogP contribution >= 0.6 is 38.6 Å². The molecule has 0 amide bonds. The molecule has 2 heterocycles. The summed E-state index contributed by atoms with van der Waals surface area (Å²) in [6.45, 7) is 1.25. The summed E-state index contributed by atoms with van der Waals surface area (Å²) < 4.78 is 6.95. The second-order valence-electron chi connectivity index (χ2n) is 3.57. The molecule has 0 aromatic carbocycles. The van der Waals surface area contributed by atoms with Gasteiger partial charge in [-0.3, -0.25) is 0 Å². The van der Waals surface area contributed by atoms with Crippen LogP contribution in [0, 0.1) is 0 Å². The van der Waals surface area contributed by atoms with E-state index in [-0.39, 0.29) is 6.10 Å². The first-order valence-corrected chi connectivity index (χ1v) is 7.88. The average molecular weight is 332 g/mol. The van der Waals surface area contributed by atoms with Crippen molar-refractivity contribution in [2.75, 3.05) is 13.2 Å². The minimum absolute atomic E-state index is 0.0197. The third kappa shape index (κ3) is 3.89. The van der Waals surface area contributed by atoms with E-state index >= 15 is 0 Å². The molecular weight excluding hydrogens is 318 g/mol. The smallest absolute Gasteiger partial charge is 0.104 e.